The first kappa shape index (κ1) is 25.2. The minimum Gasteiger partial charge on any atom is -0.494 e. The third-order valence-electron chi connectivity index (χ3n) is 4.48. The Bertz CT molecular complexity index is 1180. The van der Waals surface area contributed by atoms with E-state index in [0.717, 1.165) is 0 Å². The number of H-pyrrole nitrogens is 1. The predicted octanol–water partition coefficient (Wildman–Crippen LogP) is 3.43. The first-order valence-corrected chi connectivity index (χ1v) is 10.8. The van der Waals surface area contributed by atoms with Crippen LogP contribution in [0.15, 0.2) is 30.9 Å². The van der Waals surface area contributed by atoms with Crippen LogP contribution < -0.4 is 20.1 Å². The molecule has 12 nitrogen and oxygen atoms in total. The van der Waals surface area contributed by atoms with Gasteiger partial charge in [-0.25, -0.2) is 14.8 Å². The molecule has 3 heterocycles. The fourth-order valence-corrected chi connectivity index (χ4v) is 2.91. The van der Waals surface area contributed by atoms with Crippen LogP contribution in [0, 0.1) is 17.2 Å². The summed E-state index contributed by atoms with van der Waals surface area (Å²) in [6.07, 6.45) is 5.51. The fourth-order valence-electron chi connectivity index (χ4n) is 2.91. The van der Waals surface area contributed by atoms with Crippen molar-refractivity contribution in [3.05, 3.63) is 36.5 Å². The summed E-state index contributed by atoms with van der Waals surface area (Å²) in [5.74, 6) is 1.90. The lowest BCUT2D eigenvalue weighted by molar-refractivity contribution is 0.0516. The number of amides is 1. The standard InChI is InChI=1S/C23H28N8O4/c1-14(8-28-22(32)35-23(2,3)4)13-34-18-11-25-10-17(33-5)21(18)16-6-19(31-30-16)29-20-12-26-15(7-24)9-27-20/h6,9-12,14H,8,13H2,1-5H3,(H,28,32)(H2,27,29,30,31)/t14-/m0/s1. The summed E-state index contributed by atoms with van der Waals surface area (Å²) in [4.78, 5) is 24.2. The summed E-state index contributed by atoms with van der Waals surface area (Å²) < 4.78 is 16.8. The Hall–Kier alpha value is -4.40. The van der Waals surface area contributed by atoms with Crippen LogP contribution in [-0.4, -0.2) is 57.1 Å². The number of carbonyl (C=O) groups excluding carboxylic acids is 1. The molecule has 0 unspecified atom stereocenters. The second-order valence-electron chi connectivity index (χ2n) is 8.70. The highest BCUT2D eigenvalue weighted by Gasteiger charge is 2.19. The van der Waals surface area contributed by atoms with E-state index in [4.69, 9.17) is 19.5 Å². The number of aromatic nitrogens is 5. The molecule has 3 aromatic heterocycles. The van der Waals surface area contributed by atoms with E-state index in [1.165, 1.54) is 12.4 Å². The van der Waals surface area contributed by atoms with Gasteiger partial charge in [-0.2, -0.15) is 10.4 Å². The quantitative estimate of drug-likeness (QED) is 0.414. The zero-order chi connectivity index (χ0) is 25.4. The minimum atomic E-state index is -0.560. The van der Waals surface area contributed by atoms with Gasteiger partial charge in [-0.1, -0.05) is 6.92 Å². The van der Waals surface area contributed by atoms with Gasteiger partial charge in [0, 0.05) is 18.5 Å². The molecule has 1 atom stereocenters. The molecule has 0 spiro atoms. The summed E-state index contributed by atoms with van der Waals surface area (Å²) in [6, 6.07) is 3.68. The summed E-state index contributed by atoms with van der Waals surface area (Å²) >= 11 is 0. The third-order valence-corrected chi connectivity index (χ3v) is 4.48. The van der Waals surface area contributed by atoms with Crippen LogP contribution >= 0.6 is 0 Å². The maximum absolute atomic E-state index is 11.9. The molecule has 1 amide bonds. The van der Waals surface area contributed by atoms with Crippen molar-refractivity contribution in [2.45, 2.75) is 33.3 Å². The van der Waals surface area contributed by atoms with Gasteiger partial charge in [-0.3, -0.25) is 10.1 Å². The average Bonchev–Trinajstić information content (AvgIpc) is 3.28. The lowest BCUT2D eigenvalue weighted by Gasteiger charge is -2.21. The van der Waals surface area contributed by atoms with E-state index in [1.807, 2.05) is 33.8 Å². The zero-order valence-corrected chi connectivity index (χ0v) is 20.2. The van der Waals surface area contributed by atoms with Crippen molar-refractivity contribution >= 4 is 17.7 Å². The SMILES string of the molecule is COc1cncc(OC[C@@H](C)CNC(=O)OC(C)(C)C)c1-c1cc(Nc2cnc(C#N)cn2)n[nH]1. The molecule has 12 heteroatoms. The molecule has 3 rings (SSSR count). The molecule has 0 saturated carbocycles. The zero-order valence-electron chi connectivity index (χ0n) is 20.2. The molecule has 0 radical (unpaired) electrons. The smallest absolute Gasteiger partial charge is 0.407 e. The topological polar surface area (TPSA) is 160 Å². The van der Waals surface area contributed by atoms with E-state index in [9.17, 15) is 4.79 Å². The molecule has 35 heavy (non-hydrogen) atoms. The molecular formula is C23H28N8O4. The largest absolute Gasteiger partial charge is 0.494 e. The number of carbonyl (C=O) groups is 1. The molecule has 0 aliphatic heterocycles. The molecule has 3 N–H and O–H groups in total. The van der Waals surface area contributed by atoms with Crippen LogP contribution in [0.3, 0.4) is 0 Å². The normalized spacial score (nSPS) is 11.8. The number of nitrogens with one attached hydrogen (secondary N) is 3. The molecule has 0 saturated heterocycles. The van der Waals surface area contributed by atoms with Gasteiger partial charge in [0.15, 0.2) is 17.3 Å². The molecule has 0 fully saturated rings. The lowest BCUT2D eigenvalue weighted by Crippen LogP contribution is -2.35. The number of rotatable bonds is 9. The molecule has 3 aromatic rings. The van der Waals surface area contributed by atoms with Crippen molar-refractivity contribution in [1.29, 1.82) is 5.26 Å². The van der Waals surface area contributed by atoms with Crippen LogP contribution in [0.5, 0.6) is 11.5 Å². The van der Waals surface area contributed by atoms with Crippen LogP contribution in [0.25, 0.3) is 11.3 Å². The molecule has 0 aliphatic rings. The number of methoxy groups -OCH3 is 1. The molecule has 0 bridgehead atoms. The second kappa shape index (κ2) is 11.1. The highest BCUT2D eigenvalue weighted by Crippen LogP contribution is 2.37. The monoisotopic (exact) mass is 480 g/mol. The van der Waals surface area contributed by atoms with E-state index in [2.05, 4.69) is 35.8 Å². The van der Waals surface area contributed by atoms with Crippen LogP contribution in [0.1, 0.15) is 33.4 Å². The average molecular weight is 481 g/mol. The first-order chi connectivity index (χ1) is 16.7. The number of ether oxygens (including phenoxy) is 3. The first-order valence-electron chi connectivity index (χ1n) is 10.8. The number of hydrogen-bond donors (Lipinski definition) is 3. The number of anilines is 2. The van der Waals surface area contributed by atoms with Crippen molar-refractivity contribution < 1.29 is 19.0 Å². The Morgan fingerprint density at radius 3 is 2.60 bits per heavy atom. The maximum Gasteiger partial charge on any atom is 0.407 e. The Morgan fingerprint density at radius 1 is 1.17 bits per heavy atom. The van der Waals surface area contributed by atoms with Gasteiger partial charge in [0.25, 0.3) is 0 Å². The number of alkyl carbamates (subject to hydrolysis) is 1. The van der Waals surface area contributed by atoms with E-state index in [-0.39, 0.29) is 11.6 Å². The highest BCUT2D eigenvalue weighted by atomic mass is 16.6. The highest BCUT2D eigenvalue weighted by molar-refractivity contribution is 5.75. The minimum absolute atomic E-state index is 0.00415. The van der Waals surface area contributed by atoms with Gasteiger partial charge >= 0.3 is 6.09 Å². The summed E-state index contributed by atoms with van der Waals surface area (Å²) in [6.45, 7) is 8.07. The van der Waals surface area contributed by atoms with Crippen molar-refractivity contribution in [3.8, 4) is 28.8 Å². The lowest BCUT2D eigenvalue weighted by atomic mass is 10.1. The molecule has 184 valence electrons. The van der Waals surface area contributed by atoms with Crippen molar-refractivity contribution in [3.63, 3.8) is 0 Å². The fraction of sp³-hybridized carbons (Fsp3) is 0.391. The van der Waals surface area contributed by atoms with Crippen LogP contribution in [0.2, 0.25) is 0 Å². The number of nitrogens with zero attached hydrogens (tertiary/aromatic N) is 5. The molecule has 0 aromatic carbocycles. The third kappa shape index (κ3) is 7.29. The number of aromatic amines is 1. The number of nitriles is 1. The van der Waals surface area contributed by atoms with Crippen LogP contribution in [-0.2, 0) is 4.74 Å². The molecular weight excluding hydrogens is 452 g/mol. The Morgan fingerprint density at radius 2 is 1.94 bits per heavy atom. The van der Waals surface area contributed by atoms with E-state index in [0.29, 0.717) is 47.5 Å². The number of hydrogen-bond acceptors (Lipinski definition) is 10. The van der Waals surface area contributed by atoms with E-state index >= 15 is 0 Å². The van der Waals surface area contributed by atoms with Gasteiger partial charge in [-0.05, 0) is 20.8 Å². The van der Waals surface area contributed by atoms with Gasteiger partial charge in [-0.15, -0.1) is 0 Å². The number of pyridine rings is 1. The van der Waals surface area contributed by atoms with Gasteiger partial charge in [0.05, 0.1) is 49.8 Å². The summed E-state index contributed by atoms with van der Waals surface area (Å²) in [5.41, 5.74) is 0.927. The Balaban J connectivity index is 1.68. The van der Waals surface area contributed by atoms with Gasteiger partial charge in [0.1, 0.15) is 23.2 Å². The predicted molar refractivity (Wildman–Crippen MR) is 127 cm³/mol. The van der Waals surface area contributed by atoms with Crippen molar-refractivity contribution in [2.75, 3.05) is 25.6 Å². The second-order valence-corrected chi connectivity index (χ2v) is 8.70. The Kier molecular flexibility index (Phi) is 8.04. The van der Waals surface area contributed by atoms with Gasteiger partial charge < -0.3 is 24.8 Å². The van der Waals surface area contributed by atoms with E-state index < -0.39 is 11.7 Å². The molecule has 0 aliphatic carbocycles. The van der Waals surface area contributed by atoms with Crippen molar-refractivity contribution in [1.82, 2.24) is 30.5 Å². The summed E-state index contributed by atoms with van der Waals surface area (Å²) in [7, 11) is 1.54. The summed E-state index contributed by atoms with van der Waals surface area (Å²) in [5, 5.41) is 21.8. The van der Waals surface area contributed by atoms with Crippen molar-refractivity contribution in [2.24, 2.45) is 5.92 Å². The van der Waals surface area contributed by atoms with Gasteiger partial charge in [0.2, 0.25) is 0 Å². The van der Waals surface area contributed by atoms with E-state index in [1.54, 1.807) is 25.6 Å². The Labute approximate surface area is 203 Å². The van der Waals surface area contributed by atoms with Crippen LogP contribution in [0.4, 0.5) is 16.4 Å². The maximum atomic E-state index is 11.9.